The molecule has 1 unspecified atom stereocenters. The number of hydrogen-bond donors (Lipinski definition) is 1. The van der Waals surface area contributed by atoms with E-state index < -0.39 is 0 Å². The monoisotopic (exact) mass is 290 g/mol. The van der Waals surface area contributed by atoms with Crippen LogP contribution in [-0.4, -0.2) is 37.2 Å². The summed E-state index contributed by atoms with van der Waals surface area (Å²) in [6.45, 7) is 10.6. The summed E-state index contributed by atoms with van der Waals surface area (Å²) in [5.74, 6) is 0. The highest BCUT2D eigenvalue weighted by atomic mass is 16.5. The van der Waals surface area contributed by atoms with Gasteiger partial charge in [0.2, 0.25) is 0 Å². The van der Waals surface area contributed by atoms with Gasteiger partial charge in [-0.25, -0.2) is 0 Å². The quantitative estimate of drug-likeness (QED) is 0.874. The van der Waals surface area contributed by atoms with E-state index in [1.807, 2.05) is 0 Å². The van der Waals surface area contributed by atoms with Crippen molar-refractivity contribution in [2.75, 3.05) is 26.2 Å². The maximum absolute atomic E-state index is 6.37. The Morgan fingerprint density at radius 2 is 1.81 bits per heavy atom. The molecule has 21 heavy (non-hydrogen) atoms. The zero-order valence-corrected chi connectivity index (χ0v) is 13.8. The van der Waals surface area contributed by atoms with Gasteiger partial charge < -0.3 is 15.4 Å². The Morgan fingerprint density at radius 1 is 1.19 bits per heavy atom. The summed E-state index contributed by atoms with van der Waals surface area (Å²) >= 11 is 0. The SMILES string of the molecule is CCOC1CCN(CCC(N)c2cc(C)cc(C)c2)CC1. The van der Waals surface area contributed by atoms with Crippen molar-refractivity contribution in [1.82, 2.24) is 4.90 Å². The second kappa shape index (κ2) is 7.92. The van der Waals surface area contributed by atoms with E-state index in [4.69, 9.17) is 10.5 Å². The maximum atomic E-state index is 6.37. The van der Waals surface area contributed by atoms with Gasteiger partial charge in [-0.1, -0.05) is 29.3 Å². The van der Waals surface area contributed by atoms with Crippen LogP contribution in [0.5, 0.6) is 0 Å². The van der Waals surface area contributed by atoms with Gasteiger partial charge in [0.25, 0.3) is 0 Å². The van der Waals surface area contributed by atoms with Crippen molar-refractivity contribution >= 4 is 0 Å². The molecule has 1 heterocycles. The standard InChI is InChI=1S/C18H30N2O/c1-4-21-17-5-8-20(9-6-17)10-7-18(19)16-12-14(2)11-15(3)13-16/h11-13,17-18H,4-10,19H2,1-3H3. The Hall–Kier alpha value is -0.900. The van der Waals surface area contributed by atoms with E-state index in [1.165, 1.54) is 16.7 Å². The first kappa shape index (κ1) is 16.5. The normalized spacial score (nSPS) is 18.9. The highest BCUT2D eigenvalue weighted by Crippen LogP contribution is 2.20. The fraction of sp³-hybridized carbons (Fsp3) is 0.667. The van der Waals surface area contributed by atoms with E-state index in [9.17, 15) is 0 Å². The van der Waals surface area contributed by atoms with Crippen LogP contribution in [-0.2, 0) is 4.74 Å². The molecule has 1 aromatic rings. The number of hydrogen-bond acceptors (Lipinski definition) is 3. The van der Waals surface area contributed by atoms with Gasteiger partial charge >= 0.3 is 0 Å². The summed E-state index contributed by atoms with van der Waals surface area (Å²) in [6.07, 6.45) is 3.82. The molecule has 2 rings (SSSR count). The summed E-state index contributed by atoms with van der Waals surface area (Å²) in [5, 5.41) is 0. The topological polar surface area (TPSA) is 38.5 Å². The molecule has 1 aromatic carbocycles. The number of rotatable bonds is 6. The number of benzene rings is 1. The summed E-state index contributed by atoms with van der Waals surface area (Å²) in [5.41, 5.74) is 10.3. The van der Waals surface area contributed by atoms with Crippen molar-refractivity contribution in [2.24, 2.45) is 5.73 Å². The highest BCUT2D eigenvalue weighted by Gasteiger charge is 2.19. The second-order valence-corrected chi connectivity index (χ2v) is 6.31. The van der Waals surface area contributed by atoms with Crippen LogP contribution in [0.1, 0.15) is 48.9 Å². The molecule has 118 valence electrons. The van der Waals surface area contributed by atoms with Crippen LogP contribution in [0.15, 0.2) is 18.2 Å². The van der Waals surface area contributed by atoms with Crippen LogP contribution in [0.4, 0.5) is 0 Å². The molecule has 1 aliphatic heterocycles. The molecule has 0 spiro atoms. The average molecular weight is 290 g/mol. The number of nitrogens with two attached hydrogens (primary N) is 1. The molecule has 0 radical (unpaired) electrons. The molecule has 0 aromatic heterocycles. The molecule has 0 amide bonds. The largest absolute Gasteiger partial charge is 0.378 e. The van der Waals surface area contributed by atoms with Crippen LogP contribution < -0.4 is 5.73 Å². The van der Waals surface area contributed by atoms with Crippen molar-refractivity contribution < 1.29 is 4.74 Å². The zero-order valence-electron chi connectivity index (χ0n) is 13.8. The molecule has 1 aliphatic rings. The lowest BCUT2D eigenvalue weighted by Gasteiger charge is -2.32. The predicted molar refractivity (Wildman–Crippen MR) is 88.5 cm³/mol. The average Bonchev–Trinajstić information content (AvgIpc) is 2.45. The summed E-state index contributed by atoms with van der Waals surface area (Å²) < 4.78 is 5.70. The Kier molecular flexibility index (Phi) is 6.22. The lowest BCUT2D eigenvalue weighted by molar-refractivity contribution is 0.0138. The smallest absolute Gasteiger partial charge is 0.0599 e. The molecule has 0 bridgehead atoms. The van der Waals surface area contributed by atoms with Crippen molar-refractivity contribution in [3.8, 4) is 0 Å². The summed E-state index contributed by atoms with van der Waals surface area (Å²) in [6, 6.07) is 6.79. The van der Waals surface area contributed by atoms with Crippen molar-refractivity contribution in [3.63, 3.8) is 0 Å². The number of likely N-dealkylation sites (tertiary alicyclic amines) is 1. The first-order valence-corrected chi connectivity index (χ1v) is 8.26. The fourth-order valence-electron chi connectivity index (χ4n) is 3.25. The van der Waals surface area contributed by atoms with Crippen LogP contribution in [0.3, 0.4) is 0 Å². The van der Waals surface area contributed by atoms with Crippen LogP contribution in [0.25, 0.3) is 0 Å². The van der Waals surface area contributed by atoms with Crippen molar-refractivity contribution in [3.05, 3.63) is 34.9 Å². The number of aryl methyl sites for hydroxylation is 2. The van der Waals surface area contributed by atoms with E-state index in [0.717, 1.165) is 45.5 Å². The first-order chi connectivity index (χ1) is 10.1. The minimum atomic E-state index is 0.146. The fourth-order valence-corrected chi connectivity index (χ4v) is 3.25. The van der Waals surface area contributed by atoms with Gasteiger partial charge in [-0.2, -0.15) is 0 Å². The van der Waals surface area contributed by atoms with Crippen molar-refractivity contribution in [1.29, 1.82) is 0 Å². The predicted octanol–water partition coefficient (Wildman–Crippen LogP) is 3.19. The van der Waals surface area contributed by atoms with Gasteiger partial charge in [0.05, 0.1) is 6.10 Å². The van der Waals surface area contributed by atoms with Gasteiger partial charge in [0, 0.05) is 25.7 Å². The number of ether oxygens (including phenoxy) is 1. The third-order valence-electron chi connectivity index (χ3n) is 4.37. The van der Waals surface area contributed by atoms with Crippen LogP contribution in [0.2, 0.25) is 0 Å². The Morgan fingerprint density at radius 3 is 2.38 bits per heavy atom. The van der Waals surface area contributed by atoms with E-state index in [0.29, 0.717) is 6.10 Å². The summed E-state index contributed by atoms with van der Waals surface area (Å²) in [4.78, 5) is 2.53. The molecule has 1 atom stereocenters. The molecule has 3 nitrogen and oxygen atoms in total. The minimum Gasteiger partial charge on any atom is -0.378 e. The molecule has 0 saturated carbocycles. The molecule has 3 heteroatoms. The lowest BCUT2D eigenvalue weighted by Crippen LogP contribution is -2.38. The molecular formula is C18H30N2O. The molecule has 2 N–H and O–H groups in total. The van der Waals surface area contributed by atoms with Gasteiger partial charge in [-0.15, -0.1) is 0 Å². The van der Waals surface area contributed by atoms with Crippen LogP contribution in [0, 0.1) is 13.8 Å². The first-order valence-electron chi connectivity index (χ1n) is 8.26. The number of nitrogens with zero attached hydrogens (tertiary/aromatic N) is 1. The van der Waals surface area contributed by atoms with E-state index in [1.54, 1.807) is 0 Å². The van der Waals surface area contributed by atoms with Crippen molar-refractivity contribution in [2.45, 2.75) is 52.2 Å². The minimum absolute atomic E-state index is 0.146. The number of piperidine rings is 1. The third-order valence-corrected chi connectivity index (χ3v) is 4.37. The van der Waals surface area contributed by atoms with Crippen LogP contribution >= 0.6 is 0 Å². The second-order valence-electron chi connectivity index (χ2n) is 6.31. The van der Waals surface area contributed by atoms with Gasteiger partial charge in [-0.3, -0.25) is 0 Å². The zero-order chi connectivity index (χ0) is 15.2. The van der Waals surface area contributed by atoms with Gasteiger partial charge in [0.15, 0.2) is 0 Å². The van der Waals surface area contributed by atoms with E-state index >= 15 is 0 Å². The molecule has 1 fully saturated rings. The van der Waals surface area contributed by atoms with E-state index in [2.05, 4.69) is 43.9 Å². The van der Waals surface area contributed by atoms with Gasteiger partial charge in [-0.05, 0) is 52.1 Å². The Labute approximate surface area is 129 Å². The molecule has 0 aliphatic carbocycles. The highest BCUT2D eigenvalue weighted by molar-refractivity contribution is 5.30. The lowest BCUT2D eigenvalue weighted by atomic mass is 9.99. The third kappa shape index (κ3) is 5.10. The maximum Gasteiger partial charge on any atom is 0.0599 e. The Balaban J connectivity index is 1.78. The Bertz CT molecular complexity index is 419. The van der Waals surface area contributed by atoms with Gasteiger partial charge in [0.1, 0.15) is 0 Å². The summed E-state index contributed by atoms with van der Waals surface area (Å²) in [7, 11) is 0. The molecule has 1 saturated heterocycles. The van der Waals surface area contributed by atoms with E-state index in [-0.39, 0.29) is 6.04 Å². The molecular weight excluding hydrogens is 260 g/mol.